The van der Waals surface area contributed by atoms with Gasteiger partial charge in [-0.15, -0.1) is 0 Å². The lowest BCUT2D eigenvalue weighted by molar-refractivity contribution is -0.0530. The summed E-state index contributed by atoms with van der Waals surface area (Å²) >= 11 is 0. The molecule has 0 radical (unpaired) electrons. The number of hydrogen-bond donors (Lipinski definition) is 0. The number of hydrogen-bond acceptors (Lipinski definition) is 9. The van der Waals surface area contributed by atoms with Gasteiger partial charge in [0.1, 0.15) is 18.8 Å². The monoisotopic (exact) mass is 318 g/mol. The molecule has 3 atom stereocenters. The Morgan fingerprint density at radius 3 is 2.27 bits per heavy atom. The summed E-state index contributed by atoms with van der Waals surface area (Å²) in [5.41, 5.74) is 0. The van der Waals surface area contributed by atoms with Crippen LogP contribution in [0.25, 0.3) is 0 Å². The van der Waals surface area contributed by atoms with Crippen molar-refractivity contribution in [2.45, 2.75) is 18.6 Å². The Hall–Kier alpha value is -2.45. The summed E-state index contributed by atoms with van der Waals surface area (Å²) in [6, 6.07) is 0. The van der Waals surface area contributed by atoms with Gasteiger partial charge in [0.05, 0.1) is 21.3 Å². The van der Waals surface area contributed by atoms with Crippen LogP contribution in [0.4, 0.5) is 14.4 Å². The summed E-state index contributed by atoms with van der Waals surface area (Å²) < 4.78 is 28.1. The molecule has 0 fully saturated rings. The smallest absolute Gasteiger partial charge is 0.438 e. The fourth-order valence-corrected chi connectivity index (χ4v) is 1.92. The van der Waals surface area contributed by atoms with Gasteiger partial charge in [0.2, 0.25) is 0 Å². The molecular formula is C13H18O9. The van der Waals surface area contributed by atoms with E-state index in [0.29, 0.717) is 6.42 Å². The Balaban J connectivity index is 2.72. The Morgan fingerprint density at radius 2 is 1.68 bits per heavy atom. The number of ether oxygens (including phenoxy) is 6. The van der Waals surface area contributed by atoms with Crippen molar-refractivity contribution < 1.29 is 42.8 Å². The van der Waals surface area contributed by atoms with Crippen LogP contribution in [0.15, 0.2) is 12.2 Å². The van der Waals surface area contributed by atoms with Gasteiger partial charge in [-0.05, 0) is 12.5 Å². The van der Waals surface area contributed by atoms with Crippen molar-refractivity contribution in [1.29, 1.82) is 0 Å². The second kappa shape index (κ2) is 8.75. The van der Waals surface area contributed by atoms with Gasteiger partial charge in [0.25, 0.3) is 0 Å². The Labute approximate surface area is 127 Å². The number of carbonyl (C=O) groups excluding carboxylic acids is 3. The van der Waals surface area contributed by atoms with Crippen molar-refractivity contribution in [3.8, 4) is 0 Å². The molecular weight excluding hydrogens is 300 g/mol. The highest BCUT2D eigenvalue weighted by Crippen LogP contribution is 2.28. The van der Waals surface area contributed by atoms with E-state index in [9.17, 15) is 14.4 Å². The average molecular weight is 318 g/mol. The van der Waals surface area contributed by atoms with Crippen LogP contribution in [0.1, 0.15) is 6.42 Å². The van der Waals surface area contributed by atoms with Crippen molar-refractivity contribution in [3.05, 3.63) is 12.2 Å². The van der Waals surface area contributed by atoms with Crippen LogP contribution < -0.4 is 0 Å². The molecule has 0 N–H and O–H groups in total. The molecule has 1 aliphatic rings. The second-order valence-corrected chi connectivity index (χ2v) is 4.24. The Morgan fingerprint density at radius 1 is 1.05 bits per heavy atom. The summed E-state index contributed by atoms with van der Waals surface area (Å²) in [5.74, 6) is -0.442. The first-order chi connectivity index (χ1) is 10.5. The molecule has 0 aromatic carbocycles. The standard InChI is InChI=1S/C13H18O9/c1-17-11(14)20-7-10(22-13(16)19-3)8-5-4-6-9(8)21-12(15)18-2/h4,6,8-10H,5,7H2,1-3H3/t8-,9+,10+/m1/s1. The van der Waals surface area contributed by atoms with Crippen LogP contribution in [-0.2, 0) is 28.4 Å². The van der Waals surface area contributed by atoms with E-state index in [2.05, 4.69) is 14.2 Å². The minimum atomic E-state index is -0.942. The first-order valence-corrected chi connectivity index (χ1v) is 6.38. The predicted molar refractivity (Wildman–Crippen MR) is 70.2 cm³/mol. The van der Waals surface area contributed by atoms with Gasteiger partial charge < -0.3 is 28.4 Å². The number of rotatable bonds is 5. The highest BCUT2D eigenvalue weighted by atomic mass is 16.8. The molecule has 0 aromatic heterocycles. The van der Waals surface area contributed by atoms with Crippen LogP contribution in [0, 0.1) is 5.92 Å². The molecule has 0 heterocycles. The third kappa shape index (κ3) is 5.15. The fourth-order valence-electron chi connectivity index (χ4n) is 1.92. The van der Waals surface area contributed by atoms with E-state index >= 15 is 0 Å². The quantitative estimate of drug-likeness (QED) is 0.424. The molecule has 0 bridgehead atoms. The molecule has 22 heavy (non-hydrogen) atoms. The molecule has 0 aliphatic heterocycles. The predicted octanol–water partition coefficient (Wildman–Crippen LogP) is 1.65. The van der Waals surface area contributed by atoms with E-state index in [0.717, 1.165) is 14.2 Å². The zero-order chi connectivity index (χ0) is 16.5. The number of methoxy groups -OCH3 is 3. The van der Waals surface area contributed by atoms with Gasteiger partial charge >= 0.3 is 18.5 Å². The molecule has 124 valence electrons. The van der Waals surface area contributed by atoms with Gasteiger partial charge in [-0.1, -0.05) is 6.08 Å². The third-order valence-corrected chi connectivity index (χ3v) is 2.98. The zero-order valence-corrected chi connectivity index (χ0v) is 12.5. The third-order valence-electron chi connectivity index (χ3n) is 2.98. The average Bonchev–Trinajstić information content (AvgIpc) is 2.98. The van der Waals surface area contributed by atoms with Crippen LogP contribution in [0.3, 0.4) is 0 Å². The Kier molecular flexibility index (Phi) is 7.00. The highest BCUT2D eigenvalue weighted by Gasteiger charge is 2.37. The van der Waals surface area contributed by atoms with Crippen molar-refractivity contribution in [1.82, 2.24) is 0 Å². The maximum absolute atomic E-state index is 11.3. The minimum Gasteiger partial charge on any atom is -0.438 e. The second-order valence-electron chi connectivity index (χ2n) is 4.24. The van der Waals surface area contributed by atoms with E-state index in [-0.39, 0.29) is 6.61 Å². The van der Waals surface area contributed by atoms with Crippen LogP contribution in [0.2, 0.25) is 0 Å². The first kappa shape index (κ1) is 17.6. The summed E-state index contributed by atoms with van der Waals surface area (Å²) in [6.45, 7) is -0.269. The van der Waals surface area contributed by atoms with Crippen molar-refractivity contribution in [3.63, 3.8) is 0 Å². The van der Waals surface area contributed by atoms with Gasteiger partial charge in [0.15, 0.2) is 0 Å². The number of carbonyl (C=O) groups is 3. The fraction of sp³-hybridized carbons (Fsp3) is 0.615. The zero-order valence-electron chi connectivity index (χ0n) is 12.5. The van der Waals surface area contributed by atoms with Crippen molar-refractivity contribution in [2.75, 3.05) is 27.9 Å². The molecule has 0 saturated heterocycles. The molecule has 0 saturated carbocycles. The molecule has 0 amide bonds. The maximum atomic E-state index is 11.3. The lowest BCUT2D eigenvalue weighted by Crippen LogP contribution is -2.38. The maximum Gasteiger partial charge on any atom is 0.508 e. The van der Waals surface area contributed by atoms with Crippen LogP contribution >= 0.6 is 0 Å². The van der Waals surface area contributed by atoms with Crippen molar-refractivity contribution in [2.24, 2.45) is 5.92 Å². The molecule has 9 nitrogen and oxygen atoms in total. The molecule has 1 rings (SSSR count). The molecule has 0 unspecified atom stereocenters. The summed E-state index contributed by atoms with van der Waals surface area (Å²) in [6.07, 6.45) is -0.450. The molecule has 0 spiro atoms. The van der Waals surface area contributed by atoms with E-state index in [4.69, 9.17) is 14.2 Å². The van der Waals surface area contributed by atoms with Crippen LogP contribution in [0.5, 0.6) is 0 Å². The SMILES string of the molecule is COC(=O)OC[C@H](OC(=O)OC)[C@@H]1CC=C[C@@H]1OC(=O)OC. The van der Waals surface area contributed by atoms with Crippen molar-refractivity contribution >= 4 is 18.5 Å². The van der Waals surface area contributed by atoms with Gasteiger partial charge in [-0.3, -0.25) is 0 Å². The molecule has 0 aromatic rings. The van der Waals surface area contributed by atoms with Gasteiger partial charge in [-0.2, -0.15) is 0 Å². The topological polar surface area (TPSA) is 107 Å². The summed E-state index contributed by atoms with van der Waals surface area (Å²) in [4.78, 5) is 33.6. The molecule has 9 heteroatoms. The van der Waals surface area contributed by atoms with E-state index in [1.165, 1.54) is 7.11 Å². The molecule has 1 aliphatic carbocycles. The van der Waals surface area contributed by atoms with Gasteiger partial charge in [-0.25, -0.2) is 14.4 Å². The van der Waals surface area contributed by atoms with Gasteiger partial charge in [0, 0.05) is 5.92 Å². The van der Waals surface area contributed by atoms with E-state index in [1.807, 2.05) is 0 Å². The van der Waals surface area contributed by atoms with E-state index < -0.39 is 36.6 Å². The minimum absolute atomic E-state index is 0.269. The Bertz CT molecular complexity index is 431. The highest BCUT2D eigenvalue weighted by molar-refractivity contribution is 5.61. The number of allylic oxidation sites excluding steroid dienone is 1. The normalized spacial score (nSPS) is 20.7. The van der Waals surface area contributed by atoms with Crippen LogP contribution in [-0.4, -0.2) is 58.6 Å². The first-order valence-electron chi connectivity index (χ1n) is 6.38. The van der Waals surface area contributed by atoms with E-state index in [1.54, 1.807) is 12.2 Å². The largest absolute Gasteiger partial charge is 0.508 e. The summed E-state index contributed by atoms with van der Waals surface area (Å²) in [5, 5.41) is 0. The lowest BCUT2D eigenvalue weighted by Gasteiger charge is -2.26. The summed E-state index contributed by atoms with van der Waals surface area (Å²) in [7, 11) is 3.48. The lowest BCUT2D eigenvalue weighted by atomic mass is 9.98.